The third kappa shape index (κ3) is 8.31. The molecule has 0 radical (unpaired) electrons. The molecule has 7 rings (SSSR count). The van der Waals surface area contributed by atoms with Crippen molar-refractivity contribution in [3.63, 3.8) is 0 Å². The Labute approximate surface area is 296 Å². The lowest BCUT2D eigenvalue weighted by Crippen LogP contribution is -1.88. The first-order valence-corrected chi connectivity index (χ1v) is 17.1. The minimum Gasteiger partial charge on any atom is -0.0622 e. The van der Waals surface area contributed by atoms with Gasteiger partial charge in [0.1, 0.15) is 0 Å². The molecule has 0 atom stereocenters. The standard InChI is InChI=1S/C50H38/c1-5-17-45(18-6-1)49(46-19-7-2-8-20-46)37-41-29-25-39(26-30-41)33-35-43-15-13-14-16-44(43)36-34-40-27-31-42(32-28-40)38-50(47-21-9-3-10-22-47)48-23-11-4-12-24-48/h1-38H/b35-33-,36-34+. The molecule has 50 heavy (non-hydrogen) atoms. The molecule has 0 nitrogen and oxygen atoms in total. The van der Waals surface area contributed by atoms with Gasteiger partial charge in [-0.3, -0.25) is 0 Å². The summed E-state index contributed by atoms with van der Waals surface area (Å²) in [6.45, 7) is 0. The molecule has 0 amide bonds. The summed E-state index contributed by atoms with van der Waals surface area (Å²) in [6.07, 6.45) is 13.3. The van der Waals surface area contributed by atoms with E-state index in [0.717, 1.165) is 11.1 Å². The zero-order valence-corrected chi connectivity index (χ0v) is 27.9. The Morgan fingerprint density at radius 1 is 0.240 bits per heavy atom. The maximum Gasteiger partial charge on any atom is -0.0105 e. The Hall–Kier alpha value is -6.50. The van der Waals surface area contributed by atoms with E-state index in [1.165, 1.54) is 55.7 Å². The zero-order valence-electron chi connectivity index (χ0n) is 27.9. The van der Waals surface area contributed by atoms with Gasteiger partial charge in [0.25, 0.3) is 0 Å². The van der Waals surface area contributed by atoms with E-state index < -0.39 is 0 Å². The van der Waals surface area contributed by atoms with Crippen LogP contribution < -0.4 is 0 Å². The van der Waals surface area contributed by atoms with Crippen molar-refractivity contribution < 1.29 is 0 Å². The van der Waals surface area contributed by atoms with Crippen molar-refractivity contribution in [3.05, 3.63) is 250 Å². The average molecular weight is 639 g/mol. The van der Waals surface area contributed by atoms with Crippen LogP contribution in [-0.4, -0.2) is 0 Å². The Kier molecular flexibility index (Phi) is 10.3. The lowest BCUT2D eigenvalue weighted by Gasteiger charge is -2.09. The average Bonchev–Trinajstić information content (AvgIpc) is 3.20. The molecule has 0 aliphatic heterocycles. The van der Waals surface area contributed by atoms with Crippen LogP contribution in [0, 0.1) is 0 Å². The maximum absolute atomic E-state index is 2.27. The third-order valence-electron chi connectivity index (χ3n) is 8.74. The van der Waals surface area contributed by atoms with Crippen LogP contribution in [0.2, 0.25) is 0 Å². The predicted octanol–water partition coefficient (Wildman–Crippen LogP) is 13.2. The highest BCUT2D eigenvalue weighted by Gasteiger charge is 2.06. The smallest absolute Gasteiger partial charge is 0.0105 e. The van der Waals surface area contributed by atoms with Crippen LogP contribution in [0.4, 0.5) is 0 Å². The molecule has 0 N–H and O–H groups in total. The molecule has 0 heterocycles. The van der Waals surface area contributed by atoms with Gasteiger partial charge in [0, 0.05) is 0 Å². The van der Waals surface area contributed by atoms with Gasteiger partial charge in [0.15, 0.2) is 0 Å². The highest BCUT2D eigenvalue weighted by Crippen LogP contribution is 2.28. The largest absolute Gasteiger partial charge is 0.0622 e. The highest BCUT2D eigenvalue weighted by atomic mass is 14.1. The molecule has 7 aromatic carbocycles. The van der Waals surface area contributed by atoms with Crippen LogP contribution >= 0.6 is 0 Å². The fraction of sp³-hybridized carbons (Fsp3) is 0. The monoisotopic (exact) mass is 638 g/mol. The second-order valence-electron chi connectivity index (χ2n) is 12.2. The predicted molar refractivity (Wildman–Crippen MR) is 217 cm³/mol. The third-order valence-corrected chi connectivity index (χ3v) is 8.74. The van der Waals surface area contributed by atoms with Crippen molar-refractivity contribution in [1.29, 1.82) is 0 Å². The van der Waals surface area contributed by atoms with Gasteiger partial charge in [-0.05, 0) is 78.9 Å². The van der Waals surface area contributed by atoms with Crippen molar-refractivity contribution >= 4 is 47.6 Å². The molecular formula is C50H38. The Morgan fingerprint density at radius 3 is 0.800 bits per heavy atom. The van der Waals surface area contributed by atoms with Gasteiger partial charge in [-0.15, -0.1) is 0 Å². The van der Waals surface area contributed by atoms with Crippen molar-refractivity contribution in [2.24, 2.45) is 0 Å². The summed E-state index contributed by atoms with van der Waals surface area (Å²) in [6, 6.07) is 68.4. The van der Waals surface area contributed by atoms with E-state index in [-0.39, 0.29) is 0 Å². The number of hydrogen-bond acceptors (Lipinski definition) is 0. The number of hydrogen-bond donors (Lipinski definition) is 0. The molecule has 0 bridgehead atoms. The van der Waals surface area contributed by atoms with Crippen LogP contribution in [0.3, 0.4) is 0 Å². The second kappa shape index (κ2) is 16.1. The molecular weight excluding hydrogens is 601 g/mol. The topological polar surface area (TPSA) is 0 Å². The van der Waals surface area contributed by atoms with Gasteiger partial charge < -0.3 is 0 Å². The number of rotatable bonds is 10. The molecule has 0 saturated heterocycles. The zero-order chi connectivity index (χ0) is 33.8. The molecule has 0 heteroatoms. The minimum absolute atomic E-state index is 1.16. The minimum atomic E-state index is 1.16. The van der Waals surface area contributed by atoms with Gasteiger partial charge in [-0.25, -0.2) is 0 Å². The van der Waals surface area contributed by atoms with Crippen LogP contribution in [-0.2, 0) is 0 Å². The molecule has 0 aliphatic carbocycles. The highest BCUT2D eigenvalue weighted by molar-refractivity contribution is 5.92. The molecule has 0 saturated carbocycles. The van der Waals surface area contributed by atoms with Gasteiger partial charge in [-0.1, -0.05) is 218 Å². The molecule has 0 aliphatic rings. The van der Waals surface area contributed by atoms with E-state index in [1.54, 1.807) is 0 Å². The van der Waals surface area contributed by atoms with E-state index >= 15 is 0 Å². The Morgan fingerprint density at radius 2 is 0.500 bits per heavy atom. The van der Waals surface area contributed by atoms with E-state index in [4.69, 9.17) is 0 Å². The van der Waals surface area contributed by atoms with E-state index in [0.29, 0.717) is 0 Å². The van der Waals surface area contributed by atoms with E-state index in [1.807, 2.05) is 0 Å². The Balaban J connectivity index is 1.07. The van der Waals surface area contributed by atoms with Crippen LogP contribution in [0.1, 0.15) is 55.6 Å². The van der Waals surface area contributed by atoms with Crippen molar-refractivity contribution in [2.45, 2.75) is 0 Å². The molecule has 7 aromatic rings. The first kappa shape index (κ1) is 32.1. The summed E-state index contributed by atoms with van der Waals surface area (Å²) >= 11 is 0. The van der Waals surface area contributed by atoms with Gasteiger partial charge in [0.05, 0.1) is 0 Å². The fourth-order valence-electron chi connectivity index (χ4n) is 6.06. The molecule has 0 unspecified atom stereocenters. The van der Waals surface area contributed by atoms with Crippen LogP contribution in [0.25, 0.3) is 47.6 Å². The van der Waals surface area contributed by atoms with Gasteiger partial charge >= 0.3 is 0 Å². The van der Waals surface area contributed by atoms with E-state index in [2.05, 4.69) is 231 Å². The summed E-state index contributed by atoms with van der Waals surface area (Å²) < 4.78 is 0. The van der Waals surface area contributed by atoms with Gasteiger partial charge in [-0.2, -0.15) is 0 Å². The molecule has 0 fully saturated rings. The lowest BCUT2D eigenvalue weighted by atomic mass is 9.95. The quantitative estimate of drug-likeness (QED) is 0.131. The molecule has 0 spiro atoms. The van der Waals surface area contributed by atoms with E-state index in [9.17, 15) is 0 Å². The first-order valence-electron chi connectivity index (χ1n) is 17.1. The normalized spacial score (nSPS) is 11.0. The Bertz CT molecular complexity index is 1990. The SMILES string of the molecule is C(=C(c1ccccc1)c1ccccc1)c1ccc(/C=C\c2ccccc2/C=C/c2ccc(C=C(c3ccccc3)c3ccccc3)cc2)cc1. The van der Waals surface area contributed by atoms with Crippen molar-refractivity contribution in [2.75, 3.05) is 0 Å². The van der Waals surface area contributed by atoms with Crippen LogP contribution in [0.15, 0.2) is 194 Å². The maximum atomic E-state index is 2.27. The summed E-state index contributed by atoms with van der Waals surface area (Å²) in [5.41, 5.74) is 14.3. The second-order valence-corrected chi connectivity index (χ2v) is 12.2. The summed E-state index contributed by atoms with van der Waals surface area (Å²) in [7, 11) is 0. The molecule has 238 valence electrons. The first-order chi connectivity index (χ1) is 24.8. The van der Waals surface area contributed by atoms with Crippen molar-refractivity contribution in [3.8, 4) is 0 Å². The summed E-state index contributed by atoms with van der Waals surface area (Å²) in [5, 5.41) is 0. The van der Waals surface area contributed by atoms with Gasteiger partial charge in [0.2, 0.25) is 0 Å². The number of benzene rings is 7. The molecule has 0 aromatic heterocycles. The summed E-state index contributed by atoms with van der Waals surface area (Å²) in [4.78, 5) is 0. The lowest BCUT2D eigenvalue weighted by molar-refractivity contribution is 1.55. The van der Waals surface area contributed by atoms with Crippen molar-refractivity contribution in [1.82, 2.24) is 0 Å². The summed E-state index contributed by atoms with van der Waals surface area (Å²) in [5.74, 6) is 0. The fourth-order valence-corrected chi connectivity index (χ4v) is 6.06. The van der Waals surface area contributed by atoms with Crippen LogP contribution in [0.5, 0.6) is 0 Å².